The van der Waals surface area contributed by atoms with Gasteiger partial charge in [-0.2, -0.15) is 0 Å². The van der Waals surface area contributed by atoms with Gasteiger partial charge in [-0.15, -0.1) is 0 Å². The molecule has 1 aromatic rings. The van der Waals surface area contributed by atoms with Crippen LogP contribution in [0.15, 0.2) is 18.2 Å². The minimum atomic E-state index is -0.290. The highest BCUT2D eigenvalue weighted by atomic mass is 16.6. The van der Waals surface area contributed by atoms with Crippen molar-refractivity contribution in [3.8, 4) is 11.5 Å². The number of amides is 1. The molecule has 3 heterocycles. The zero-order valence-electron chi connectivity index (χ0n) is 13.0. The number of benzene rings is 1. The minimum Gasteiger partial charge on any atom is -0.486 e. The van der Waals surface area contributed by atoms with Crippen LogP contribution in [-0.4, -0.2) is 69.6 Å². The average Bonchev–Trinajstić information content (AvgIpc) is 2.95. The van der Waals surface area contributed by atoms with Gasteiger partial charge in [0.15, 0.2) is 11.5 Å². The van der Waals surface area contributed by atoms with E-state index >= 15 is 0 Å². The maximum absolute atomic E-state index is 12.2. The van der Waals surface area contributed by atoms with Crippen LogP contribution in [-0.2, 0) is 4.74 Å². The quantitative estimate of drug-likeness (QED) is 0.884. The number of nitrogens with zero attached hydrogens (tertiary/aromatic N) is 2. The summed E-state index contributed by atoms with van der Waals surface area (Å²) in [5, 5.41) is 3.33. The van der Waals surface area contributed by atoms with Crippen molar-refractivity contribution in [1.29, 1.82) is 0 Å². The Morgan fingerprint density at radius 1 is 1.13 bits per heavy atom. The molecule has 1 atom stereocenters. The van der Waals surface area contributed by atoms with Gasteiger partial charge in [0.2, 0.25) is 0 Å². The Bertz CT molecular complexity index is 589. The monoisotopic (exact) mass is 319 g/mol. The van der Waals surface area contributed by atoms with Crippen molar-refractivity contribution in [2.45, 2.75) is 6.10 Å². The summed E-state index contributed by atoms with van der Waals surface area (Å²) >= 11 is 0. The predicted octanol–water partition coefficient (Wildman–Crippen LogP) is 0.688. The molecule has 0 aliphatic carbocycles. The van der Waals surface area contributed by atoms with E-state index in [1.165, 1.54) is 0 Å². The summed E-state index contributed by atoms with van der Waals surface area (Å²) in [7, 11) is 0. The van der Waals surface area contributed by atoms with Crippen LogP contribution in [0.2, 0.25) is 0 Å². The summed E-state index contributed by atoms with van der Waals surface area (Å²) in [6.45, 7) is 6.43. The number of nitrogens with one attached hydrogen (secondary N) is 1. The van der Waals surface area contributed by atoms with Gasteiger partial charge in [0, 0.05) is 38.8 Å². The van der Waals surface area contributed by atoms with Crippen LogP contribution in [0.4, 0.5) is 10.5 Å². The molecule has 0 radical (unpaired) electrons. The number of hydrogen-bond acceptors (Lipinski definition) is 6. The Hall–Kier alpha value is -1.99. The molecule has 2 saturated heterocycles. The molecule has 3 aliphatic rings. The molecule has 0 bridgehead atoms. The molecule has 0 aromatic heterocycles. The maximum atomic E-state index is 12.2. The number of fused-ring (bicyclic) bond motifs is 1. The first kappa shape index (κ1) is 14.6. The van der Waals surface area contributed by atoms with E-state index in [1.54, 1.807) is 4.90 Å². The molecular weight excluding hydrogens is 298 g/mol. The Morgan fingerprint density at radius 2 is 1.91 bits per heavy atom. The summed E-state index contributed by atoms with van der Waals surface area (Å²) in [6.07, 6.45) is -0.379. The number of hydrogen-bond donors (Lipinski definition) is 1. The highest BCUT2D eigenvalue weighted by Crippen LogP contribution is 2.35. The van der Waals surface area contributed by atoms with E-state index in [0.717, 1.165) is 44.2 Å². The molecule has 1 aromatic carbocycles. The van der Waals surface area contributed by atoms with Gasteiger partial charge >= 0.3 is 6.09 Å². The van der Waals surface area contributed by atoms with E-state index in [-0.39, 0.29) is 12.2 Å². The van der Waals surface area contributed by atoms with Crippen LogP contribution < -0.4 is 19.7 Å². The highest BCUT2D eigenvalue weighted by Gasteiger charge is 2.34. The first-order chi connectivity index (χ1) is 11.3. The fourth-order valence-corrected chi connectivity index (χ4v) is 3.21. The summed E-state index contributed by atoms with van der Waals surface area (Å²) in [4.78, 5) is 16.2. The van der Waals surface area contributed by atoms with E-state index < -0.39 is 0 Å². The Morgan fingerprint density at radius 3 is 2.74 bits per heavy atom. The van der Waals surface area contributed by atoms with E-state index in [9.17, 15) is 4.79 Å². The molecule has 1 unspecified atom stereocenters. The number of cyclic esters (lactones) is 1. The zero-order valence-corrected chi connectivity index (χ0v) is 13.0. The van der Waals surface area contributed by atoms with E-state index in [2.05, 4.69) is 10.2 Å². The molecule has 3 aliphatic heterocycles. The smallest absolute Gasteiger partial charge is 0.414 e. The van der Waals surface area contributed by atoms with Gasteiger partial charge in [-0.1, -0.05) is 0 Å². The molecule has 124 valence electrons. The number of rotatable bonds is 3. The van der Waals surface area contributed by atoms with Gasteiger partial charge in [0.1, 0.15) is 19.3 Å². The fourth-order valence-electron chi connectivity index (χ4n) is 3.21. The molecule has 7 heteroatoms. The van der Waals surface area contributed by atoms with Crippen LogP contribution in [0, 0.1) is 0 Å². The molecule has 0 saturated carbocycles. The first-order valence-electron chi connectivity index (χ1n) is 8.10. The summed E-state index contributed by atoms with van der Waals surface area (Å²) in [6, 6.07) is 5.58. The normalized spacial score (nSPS) is 24.6. The SMILES string of the molecule is O=C1OC(CN2CCNCC2)CN1c1ccc2c(c1)OCCO2. The van der Waals surface area contributed by atoms with Crippen LogP contribution >= 0.6 is 0 Å². The third kappa shape index (κ3) is 3.07. The third-order valence-corrected chi connectivity index (χ3v) is 4.38. The lowest BCUT2D eigenvalue weighted by Crippen LogP contribution is -2.46. The fraction of sp³-hybridized carbons (Fsp3) is 0.562. The lowest BCUT2D eigenvalue weighted by atomic mass is 10.2. The second kappa shape index (κ2) is 6.25. The van der Waals surface area contributed by atoms with Gasteiger partial charge in [0.05, 0.1) is 12.2 Å². The summed E-state index contributed by atoms with van der Waals surface area (Å²) < 4.78 is 16.6. The molecule has 4 rings (SSSR count). The van der Waals surface area contributed by atoms with Gasteiger partial charge < -0.3 is 19.5 Å². The van der Waals surface area contributed by atoms with Crippen molar-refractivity contribution >= 4 is 11.8 Å². The molecule has 23 heavy (non-hydrogen) atoms. The van der Waals surface area contributed by atoms with E-state index in [0.29, 0.717) is 25.5 Å². The van der Waals surface area contributed by atoms with Gasteiger partial charge in [-0.25, -0.2) is 4.79 Å². The highest BCUT2D eigenvalue weighted by molar-refractivity contribution is 5.90. The first-order valence-corrected chi connectivity index (χ1v) is 8.10. The Balaban J connectivity index is 1.44. The third-order valence-electron chi connectivity index (χ3n) is 4.38. The molecular formula is C16H21N3O4. The topological polar surface area (TPSA) is 63.3 Å². The minimum absolute atomic E-state index is 0.0891. The Kier molecular flexibility index (Phi) is 3.97. The Labute approximate surface area is 135 Å². The predicted molar refractivity (Wildman–Crippen MR) is 84.4 cm³/mol. The molecule has 7 nitrogen and oxygen atoms in total. The number of piperazine rings is 1. The van der Waals surface area contributed by atoms with Crippen molar-refractivity contribution in [2.24, 2.45) is 0 Å². The second-order valence-electron chi connectivity index (χ2n) is 5.99. The largest absolute Gasteiger partial charge is 0.486 e. The lowest BCUT2D eigenvalue weighted by Gasteiger charge is -2.28. The number of carbonyl (C=O) groups is 1. The second-order valence-corrected chi connectivity index (χ2v) is 5.99. The number of anilines is 1. The molecule has 0 spiro atoms. The maximum Gasteiger partial charge on any atom is 0.414 e. The number of ether oxygens (including phenoxy) is 3. The van der Waals surface area contributed by atoms with Crippen LogP contribution in [0.1, 0.15) is 0 Å². The van der Waals surface area contributed by atoms with E-state index in [1.807, 2.05) is 18.2 Å². The summed E-state index contributed by atoms with van der Waals surface area (Å²) in [5.41, 5.74) is 0.794. The lowest BCUT2D eigenvalue weighted by molar-refractivity contribution is 0.104. The van der Waals surface area contributed by atoms with Crippen molar-refractivity contribution in [3.63, 3.8) is 0 Å². The number of carbonyl (C=O) groups excluding carboxylic acids is 1. The van der Waals surface area contributed by atoms with Crippen LogP contribution in [0.3, 0.4) is 0 Å². The standard InChI is InChI=1S/C16H21N3O4/c20-16-19(11-13(23-16)10-18-5-3-17-4-6-18)12-1-2-14-15(9-12)22-8-7-21-14/h1-2,9,13,17H,3-8,10-11H2. The molecule has 1 amide bonds. The van der Waals surface area contributed by atoms with Crippen molar-refractivity contribution < 1.29 is 19.0 Å². The van der Waals surface area contributed by atoms with Crippen molar-refractivity contribution in [2.75, 3.05) is 57.4 Å². The average molecular weight is 319 g/mol. The van der Waals surface area contributed by atoms with Crippen LogP contribution in [0.25, 0.3) is 0 Å². The van der Waals surface area contributed by atoms with Crippen LogP contribution in [0.5, 0.6) is 11.5 Å². The summed E-state index contributed by atoms with van der Waals surface area (Å²) in [5.74, 6) is 1.41. The van der Waals surface area contributed by atoms with Gasteiger partial charge in [-0.05, 0) is 12.1 Å². The molecule has 1 N–H and O–H groups in total. The molecule has 2 fully saturated rings. The van der Waals surface area contributed by atoms with Gasteiger partial charge in [-0.3, -0.25) is 9.80 Å². The van der Waals surface area contributed by atoms with E-state index in [4.69, 9.17) is 14.2 Å². The van der Waals surface area contributed by atoms with Crippen molar-refractivity contribution in [1.82, 2.24) is 10.2 Å². The van der Waals surface area contributed by atoms with Crippen molar-refractivity contribution in [3.05, 3.63) is 18.2 Å². The van der Waals surface area contributed by atoms with Gasteiger partial charge in [0.25, 0.3) is 0 Å². The zero-order chi connectivity index (χ0) is 15.6.